The van der Waals surface area contributed by atoms with Crippen LogP contribution >= 0.6 is 11.8 Å². The molecule has 0 unspecified atom stereocenters. The highest BCUT2D eigenvalue weighted by atomic mass is 32.2. The molecule has 3 atom stereocenters. The van der Waals surface area contributed by atoms with Gasteiger partial charge >= 0.3 is 0 Å². The maximum Gasteiger partial charge on any atom is 0.224 e. The van der Waals surface area contributed by atoms with Crippen molar-refractivity contribution < 1.29 is 29.3 Å². The number of nitrogens with two attached hydrogens (primary N) is 1. The van der Waals surface area contributed by atoms with E-state index in [1.54, 1.807) is 23.9 Å². The van der Waals surface area contributed by atoms with Crippen molar-refractivity contribution in [1.29, 1.82) is 0 Å². The molecule has 270 valence electrons. The van der Waals surface area contributed by atoms with Crippen LogP contribution in [-0.4, -0.2) is 46.2 Å². The lowest BCUT2D eigenvalue weighted by Gasteiger charge is -2.36. The van der Waals surface area contributed by atoms with Gasteiger partial charge in [0.2, 0.25) is 11.8 Å². The second-order valence-corrected chi connectivity index (χ2v) is 14.0. The average molecular weight is 712 g/mol. The molecular weight excluding hydrogens is 663 g/mol. The molecule has 0 aromatic heterocycles. The first-order valence-electron chi connectivity index (χ1n) is 17.7. The number of aliphatic hydroxyl groups excluding tert-OH is 2. The van der Waals surface area contributed by atoms with Crippen molar-refractivity contribution >= 4 is 35.0 Å². The van der Waals surface area contributed by atoms with E-state index in [2.05, 4.69) is 34.9 Å². The van der Waals surface area contributed by atoms with E-state index in [1.165, 1.54) is 0 Å². The molecule has 1 aliphatic rings. The predicted octanol–water partition coefficient (Wildman–Crippen LogP) is 7.29. The summed E-state index contributed by atoms with van der Waals surface area (Å²) in [5, 5.41) is 24.7. The van der Waals surface area contributed by atoms with Gasteiger partial charge in [-0.15, -0.1) is 0 Å². The van der Waals surface area contributed by atoms with Crippen LogP contribution in [0.1, 0.15) is 79.6 Å². The van der Waals surface area contributed by atoms with Crippen LogP contribution in [-0.2, 0) is 32.2 Å². The van der Waals surface area contributed by atoms with Crippen LogP contribution in [0.15, 0.2) is 97.1 Å². The lowest BCUT2D eigenvalue weighted by molar-refractivity contribution is -0.245. The molecule has 0 saturated carbocycles. The summed E-state index contributed by atoms with van der Waals surface area (Å²) < 4.78 is 13.0. The van der Waals surface area contributed by atoms with Gasteiger partial charge in [-0.1, -0.05) is 85.6 Å². The van der Waals surface area contributed by atoms with E-state index in [1.807, 2.05) is 60.7 Å². The third-order valence-electron chi connectivity index (χ3n) is 8.86. The molecular formula is C41H49N3O6S. The number of benzene rings is 4. The third-order valence-corrected chi connectivity index (χ3v) is 9.93. The zero-order valence-electron chi connectivity index (χ0n) is 29.0. The van der Waals surface area contributed by atoms with Gasteiger partial charge in [-0.3, -0.25) is 9.59 Å². The molecule has 2 amide bonds. The number of ether oxygens (including phenoxy) is 2. The summed E-state index contributed by atoms with van der Waals surface area (Å²) in [5.41, 5.74) is 13.0. The third kappa shape index (κ3) is 11.9. The number of nitrogens with one attached hydrogen (secondary N) is 2. The second-order valence-electron chi connectivity index (χ2n) is 12.8. The summed E-state index contributed by atoms with van der Waals surface area (Å²) in [6.45, 7) is 0.562. The number of amides is 2. The maximum absolute atomic E-state index is 12.6. The number of carbonyl (C=O) groups is 2. The Hall–Kier alpha value is -4.19. The first-order valence-corrected chi connectivity index (χ1v) is 18.9. The number of aliphatic hydroxyl groups is 2. The highest BCUT2D eigenvalue weighted by Gasteiger charge is 2.32. The van der Waals surface area contributed by atoms with Crippen LogP contribution in [0.5, 0.6) is 0 Å². The molecule has 4 aromatic rings. The molecule has 0 bridgehead atoms. The fraction of sp³-hybridized carbons (Fsp3) is 0.366. The Kier molecular flexibility index (Phi) is 14.9. The molecule has 0 spiro atoms. The summed E-state index contributed by atoms with van der Waals surface area (Å²) in [7, 11) is 0. The van der Waals surface area contributed by atoms with Crippen LogP contribution in [0.3, 0.4) is 0 Å². The smallest absolute Gasteiger partial charge is 0.224 e. The van der Waals surface area contributed by atoms with E-state index in [4.69, 9.17) is 15.2 Å². The van der Waals surface area contributed by atoms with E-state index < -0.39 is 6.29 Å². The van der Waals surface area contributed by atoms with Gasteiger partial charge in [0.05, 0.1) is 36.8 Å². The molecule has 0 aliphatic carbocycles. The molecule has 4 aromatic carbocycles. The zero-order chi connectivity index (χ0) is 35.8. The number of rotatable bonds is 18. The fourth-order valence-corrected chi connectivity index (χ4v) is 6.84. The number of hydrogen-bond acceptors (Lipinski definition) is 8. The zero-order valence-corrected chi connectivity index (χ0v) is 29.8. The summed E-state index contributed by atoms with van der Waals surface area (Å²) in [6.07, 6.45) is 4.08. The van der Waals surface area contributed by atoms with Gasteiger partial charge in [0.15, 0.2) is 6.29 Å². The predicted molar refractivity (Wildman–Crippen MR) is 204 cm³/mol. The van der Waals surface area contributed by atoms with E-state index in [9.17, 15) is 19.8 Å². The van der Waals surface area contributed by atoms with Gasteiger partial charge in [0, 0.05) is 42.9 Å². The largest absolute Gasteiger partial charge is 0.397 e. The number of nitrogen functional groups attached to an aromatic ring is 1. The highest BCUT2D eigenvalue weighted by Crippen LogP contribution is 2.39. The van der Waals surface area contributed by atoms with Gasteiger partial charge in [-0.05, 0) is 64.9 Å². The quantitative estimate of drug-likeness (QED) is 0.0535. The van der Waals surface area contributed by atoms with Crippen molar-refractivity contribution in [1.82, 2.24) is 5.32 Å². The topological polar surface area (TPSA) is 143 Å². The van der Waals surface area contributed by atoms with Crippen LogP contribution in [0.2, 0.25) is 0 Å². The summed E-state index contributed by atoms with van der Waals surface area (Å²) in [4.78, 5) is 24.8. The van der Waals surface area contributed by atoms with E-state index in [0.717, 1.165) is 64.8 Å². The first kappa shape index (κ1) is 38.1. The van der Waals surface area contributed by atoms with Crippen molar-refractivity contribution in [3.63, 3.8) is 0 Å². The standard InChI is InChI=1S/C41H49N3O6S/c42-36-13-5-6-14-37(36)44-40(48)16-4-2-1-3-15-39(47)43-26-30-9-7-10-32(23-30)33-11-8-12-34(24-33)41-49-35(28-51-22-21-45)25-38(50-41)31-19-17-29(27-46)18-20-31/h5-14,17-20,23-24,35,38,41,45-46H,1-4,15-16,21-22,25-28,42H2,(H,43,47)(H,44,48)/t35-,38+,41+/m0/s1. The van der Waals surface area contributed by atoms with Gasteiger partial charge in [0.25, 0.3) is 0 Å². The number of hydrogen-bond donors (Lipinski definition) is 5. The molecule has 9 nitrogen and oxygen atoms in total. The molecule has 1 heterocycles. The Bertz CT molecular complexity index is 1700. The number of unbranched alkanes of at least 4 members (excludes halogenated alkanes) is 3. The van der Waals surface area contributed by atoms with Gasteiger partial charge in [-0.2, -0.15) is 11.8 Å². The second kappa shape index (κ2) is 20.0. The minimum Gasteiger partial charge on any atom is -0.397 e. The molecule has 1 aliphatic heterocycles. The Labute approximate surface area is 305 Å². The number of carbonyl (C=O) groups excluding carboxylic acids is 2. The van der Waals surface area contributed by atoms with Gasteiger partial charge in [-0.25, -0.2) is 0 Å². The van der Waals surface area contributed by atoms with Gasteiger partial charge < -0.3 is 36.1 Å². The lowest BCUT2D eigenvalue weighted by atomic mass is 9.99. The highest BCUT2D eigenvalue weighted by molar-refractivity contribution is 7.99. The first-order chi connectivity index (χ1) is 24.9. The molecule has 1 fully saturated rings. The van der Waals surface area contributed by atoms with Crippen LogP contribution < -0.4 is 16.4 Å². The van der Waals surface area contributed by atoms with Crippen molar-refractivity contribution in [3.05, 3.63) is 119 Å². The van der Waals surface area contributed by atoms with Crippen molar-refractivity contribution in [2.24, 2.45) is 0 Å². The fourth-order valence-electron chi connectivity index (χ4n) is 6.07. The molecule has 51 heavy (non-hydrogen) atoms. The molecule has 6 N–H and O–H groups in total. The van der Waals surface area contributed by atoms with Crippen molar-refractivity contribution in [3.8, 4) is 11.1 Å². The lowest BCUT2D eigenvalue weighted by Crippen LogP contribution is -2.31. The number of thioether (sulfide) groups is 1. The maximum atomic E-state index is 12.6. The van der Waals surface area contributed by atoms with E-state index >= 15 is 0 Å². The van der Waals surface area contributed by atoms with E-state index in [-0.39, 0.29) is 37.2 Å². The summed E-state index contributed by atoms with van der Waals surface area (Å²) >= 11 is 1.67. The van der Waals surface area contributed by atoms with Gasteiger partial charge in [0.1, 0.15) is 0 Å². The molecule has 10 heteroatoms. The normalized spacial score (nSPS) is 17.2. The molecule has 1 saturated heterocycles. The molecule has 5 rings (SSSR count). The minimum atomic E-state index is -0.561. The summed E-state index contributed by atoms with van der Waals surface area (Å²) in [6, 6.07) is 31.4. The Morgan fingerprint density at radius 3 is 2.24 bits per heavy atom. The molecule has 0 radical (unpaired) electrons. The number of para-hydroxylation sites is 2. The Morgan fingerprint density at radius 2 is 1.49 bits per heavy atom. The average Bonchev–Trinajstić information content (AvgIpc) is 3.16. The Morgan fingerprint density at radius 1 is 0.765 bits per heavy atom. The van der Waals surface area contributed by atoms with E-state index in [0.29, 0.717) is 42.9 Å². The Balaban J connectivity index is 1.10. The SMILES string of the molecule is Nc1ccccc1NC(=O)CCCCCCC(=O)NCc1cccc(-c2cccc([C@@H]3O[C@H](CSCCO)C[C@H](c4ccc(CO)cc4)O3)c2)c1. The number of anilines is 2. The summed E-state index contributed by atoms with van der Waals surface area (Å²) in [5.74, 6) is 1.37. The van der Waals surface area contributed by atoms with Crippen molar-refractivity contribution in [2.75, 3.05) is 29.2 Å². The van der Waals surface area contributed by atoms with Crippen LogP contribution in [0, 0.1) is 0 Å². The minimum absolute atomic E-state index is 0.00468. The van der Waals surface area contributed by atoms with Crippen LogP contribution in [0.4, 0.5) is 11.4 Å². The van der Waals surface area contributed by atoms with Crippen LogP contribution in [0.25, 0.3) is 11.1 Å². The monoisotopic (exact) mass is 711 g/mol. The van der Waals surface area contributed by atoms with Crippen molar-refractivity contribution in [2.45, 2.75) is 76.6 Å².